The third-order valence-corrected chi connectivity index (χ3v) is 1.65. The summed E-state index contributed by atoms with van der Waals surface area (Å²) in [5.41, 5.74) is 8.68. The van der Waals surface area contributed by atoms with Crippen molar-refractivity contribution in [2.45, 2.75) is 13.0 Å². The van der Waals surface area contributed by atoms with Gasteiger partial charge in [0.2, 0.25) is 5.96 Å². The van der Waals surface area contributed by atoms with Crippen LogP contribution in [0.1, 0.15) is 18.5 Å². The van der Waals surface area contributed by atoms with E-state index in [9.17, 15) is 0 Å². The molecule has 0 amide bonds. The molecule has 0 saturated carbocycles. The molecule has 1 atom stereocenters. The summed E-state index contributed by atoms with van der Waals surface area (Å²) in [5.74, 6) is 5.30. The normalized spacial score (nSPS) is 13.8. The van der Waals surface area contributed by atoms with E-state index in [1.165, 1.54) is 0 Å². The summed E-state index contributed by atoms with van der Waals surface area (Å²) in [6, 6.07) is 3.75. The number of nitrogens with one attached hydrogen (secondary N) is 1. The Kier molecular flexibility index (Phi) is 3.22. The monoisotopic (exact) mass is 179 g/mol. The molecule has 0 aromatic carbocycles. The molecule has 0 unspecified atom stereocenters. The van der Waals surface area contributed by atoms with Gasteiger partial charge in [0.15, 0.2) is 0 Å². The smallest absolute Gasteiger partial charge is 0.203 e. The second-order valence-corrected chi connectivity index (χ2v) is 2.62. The first kappa shape index (κ1) is 9.47. The highest BCUT2D eigenvalue weighted by Crippen LogP contribution is 2.13. The van der Waals surface area contributed by atoms with Crippen LogP contribution < -0.4 is 17.0 Å². The summed E-state index contributed by atoms with van der Waals surface area (Å²) in [6.07, 6.45) is 3.46. The van der Waals surface area contributed by atoms with E-state index in [2.05, 4.69) is 15.4 Å². The van der Waals surface area contributed by atoms with Crippen LogP contribution in [0.2, 0.25) is 0 Å². The molecule has 0 radical (unpaired) electrons. The predicted molar refractivity (Wildman–Crippen MR) is 51.6 cm³/mol. The lowest BCUT2D eigenvalue weighted by atomic mass is 10.1. The molecule has 0 fully saturated rings. The van der Waals surface area contributed by atoms with Gasteiger partial charge in [-0.3, -0.25) is 10.4 Å². The maximum absolute atomic E-state index is 5.40. The maximum Gasteiger partial charge on any atom is 0.203 e. The zero-order valence-electron chi connectivity index (χ0n) is 7.44. The van der Waals surface area contributed by atoms with Gasteiger partial charge in [0.25, 0.3) is 0 Å². The summed E-state index contributed by atoms with van der Waals surface area (Å²) >= 11 is 0. The minimum absolute atomic E-state index is 0.0373. The quantitative estimate of drug-likeness (QED) is 0.256. The van der Waals surface area contributed by atoms with Crippen molar-refractivity contribution in [1.82, 2.24) is 10.4 Å². The minimum atomic E-state index is -0.0373. The van der Waals surface area contributed by atoms with Crippen LogP contribution in [0.3, 0.4) is 0 Å². The van der Waals surface area contributed by atoms with Crippen molar-refractivity contribution >= 4 is 5.96 Å². The number of aliphatic imine (C=N–C) groups is 1. The molecule has 1 heterocycles. The highest BCUT2D eigenvalue weighted by atomic mass is 15.3. The van der Waals surface area contributed by atoms with Gasteiger partial charge in [-0.2, -0.15) is 0 Å². The number of guanidine groups is 1. The summed E-state index contributed by atoms with van der Waals surface area (Å²) in [7, 11) is 0. The number of nitrogens with zero attached hydrogens (tertiary/aromatic N) is 2. The van der Waals surface area contributed by atoms with Crippen LogP contribution in [0.5, 0.6) is 0 Å². The van der Waals surface area contributed by atoms with Crippen LogP contribution >= 0.6 is 0 Å². The largest absolute Gasteiger partial charge is 0.369 e. The molecular weight excluding hydrogens is 166 g/mol. The minimum Gasteiger partial charge on any atom is -0.369 e. The van der Waals surface area contributed by atoms with Crippen LogP contribution in [0.25, 0.3) is 0 Å². The van der Waals surface area contributed by atoms with Crippen molar-refractivity contribution in [3.63, 3.8) is 0 Å². The molecule has 70 valence electrons. The number of hydrogen-bond acceptors (Lipinski definition) is 3. The summed E-state index contributed by atoms with van der Waals surface area (Å²) in [5, 5.41) is 0. The zero-order chi connectivity index (χ0) is 9.68. The predicted octanol–water partition coefficient (Wildman–Crippen LogP) is -0.0794. The molecule has 1 rings (SSSR count). The molecule has 0 spiro atoms. The summed E-state index contributed by atoms with van der Waals surface area (Å²) < 4.78 is 0. The SMILES string of the molecule is C[C@@H](N=C(N)NN)c1cccnc1. The van der Waals surface area contributed by atoms with Crippen molar-refractivity contribution in [1.29, 1.82) is 0 Å². The Bertz CT molecular complexity index is 282. The van der Waals surface area contributed by atoms with Crippen LogP contribution in [0.4, 0.5) is 0 Å². The molecule has 0 bridgehead atoms. The number of rotatable bonds is 2. The van der Waals surface area contributed by atoms with Crippen molar-refractivity contribution in [2.75, 3.05) is 0 Å². The fourth-order valence-corrected chi connectivity index (χ4v) is 0.944. The van der Waals surface area contributed by atoms with Gasteiger partial charge in [-0.1, -0.05) is 6.07 Å². The van der Waals surface area contributed by atoms with Crippen molar-refractivity contribution in [2.24, 2.45) is 16.6 Å². The summed E-state index contributed by atoms with van der Waals surface area (Å²) in [6.45, 7) is 1.92. The standard InChI is InChI=1S/C8H13N5/c1-6(12-8(9)13-10)7-3-2-4-11-5-7/h2-6H,10H2,1H3,(H3,9,12,13)/t6-/m1/s1. The fraction of sp³-hybridized carbons (Fsp3) is 0.250. The van der Waals surface area contributed by atoms with Gasteiger partial charge in [-0.15, -0.1) is 0 Å². The molecule has 1 aromatic rings. The van der Waals surface area contributed by atoms with E-state index in [4.69, 9.17) is 11.6 Å². The molecular formula is C8H13N5. The van der Waals surface area contributed by atoms with E-state index in [0.717, 1.165) is 5.56 Å². The Labute approximate surface area is 76.8 Å². The first-order valence-electron chi connectivity index (χ1n) is 3.94. The lowest BCUT2D eigenvalue weighted by molar-refractivity contribution is 0.795. The highest BCUT2D eigenvalue weighted by molar-refractivity contribution is 5.77. The summed E-state index contributed by atoms with van der Waals surface area (Å²) in [4.78, 5) is 8.06. The van der Waals surface area contributed by atoms with Crippen LogP contribution in [0, 0.1) is 0 Å². The number of pyridine rings is 1. The molecule has 1 aromatic heterocycles. The van der Waals surface area contributed by atoms with Gasteiger partial charge in [0.1, 0.15) is 0 Å². The van der Waals surface area contributed by atoms with Crippen molar-refractivity contribution in [3.8, 4) is 0 Å². The van der Waals surface area contributed by atoms with Gasteiger partial charge in [-0.25, -0.2) is 10.8 Å². The van der Waals surface area contributed by atoms with Crippen LogP contribution in [0.15, 0.2) is 29.5 Å². The second-order valence-electron chi connectivity index (χ2n) is 2.62. The third-order valence-electron chi connectivity index (χ3n) is 1.65. The molecule has 5 heteroatoms. The van der Waals surface area contributed by atoms with Gasteiger partial charge < -0.3 is 5.73 Å². The Morgan fingerprint density at radius 1 is 1.69 bits per heavy atom. The molecule has 0 aliphatic carbocycles. The second kappa shape index (κ2) is 4.42. The lowest BCUT2D eigenvalue weighted by Gasteiger charge is -2.06. The maximum atomic E-state index is 5.40. The van der Waals surface area contributed by atoms with E-state index in [1.807, 2.05) is 19.1 Å². The first-order valence-corrected chi connectivity index (χ1v) is 3.94. The Morgan fingerprint density at radius 2 is 2.46 bits per heavy atom. The zero-order valence-corrected chi connectivity index (χ0v) is 7.44. The molecule has 13 heavy (non-hydrogen) atoms. The Balaban J connectivity index is 2.75. The van der Waals surface area contributed by atoms with E-state index >= 15 is 0 Å². The van der Waals surface area contributed by atoms with Gasteiger partial charge in [-0.05, 0) is 18.6 Å². The van der Waals surface area contributed by atoms with Crippen molar-refractivity contribution < 1.29 is 0 Å². The third kappa shape index (κ3) is 2.72. The molecule has 5 nitrogen and oxygen atoms in total. The molecule has 0 aliphatic heterocycles. The molecule has 0 saturated heterocycles. The van der Waals surface area contributed by atoms with Crippen LogP contribution in [-0.2, 0) is 0 Å². The van der Waals surface area contributed by atoms with Crippen LogP contribution in [-0.4, -0.2) is 10.9 Å². The number of hydrogen-bond donors (Lipinski definition) is 3. The fourth-order valence-electron chi connectivity index (χ4n) is 0.944. The average molecular weight is 179 g/mol. The van der Waals surface area contributed by atoms with E-state index < -0.39 is 0 Å². The number of hydrazine groups is 1. The molecule has 0 aliphatic rings. The van der Waals surface area contributed by atoms with Gasteiger partial charge >= 0.3 is 0 Å². The average Bonchev–Trinajstić information content (AvgIpc) is 2.19. The first-order chi connectivity index (χ1) is 6.24. The Hall–Kier alpha value is -1.62. The van der Waals surface area contributed by atoms with Crippen molar-refractivity contribution in [3.05, 3.63) is 30.1 Å². The lowest BCUT2D eigenvalue weighted by Crippen LogP contribution is -2.37. The molecule has 5 N–H and O–H groups in total. The highest BCUT2D eigenvalue weighted by Gasteiger charge is 2.02. The van der Waals surface area contributed by atoms with Gasteiger partial charge in [0.05, 0.1) is 6.04 Å². The Morgan fingerprint density at radius 3 is 3.00 bits per heavy atom. The number of aromatic nitrogens is 1. The topological polar surface area (TPSA) is 89.3 Å². The van der Waals surface area contributed by atoms with Gasteiger partial charge in [0, 0.05) is 12.4 Å². The van der Waals surface area contributed by atoms with E-state index in [0.29, 0.717) is 0 Å². The van der Waals surface area contributed by atoms with E-state index in [-0.39, 0.29) is 12.0 Å². The van der Waals surface area contributed by atoms with E-state index in [1.54, 1.807) is 12.4 Å². The number of nitrogens with two attached hydrogens (primary N) is 2.